The summed E-state index contributed by atoms with van der Waals surface area (Å²) in [5.41, 5.74) is 5.72. The van der Waals surface area contributed by atoms with Gasteiger partial charge in [0.1, 0.15) is 0 Å². The van der Waals surface area contributed by atoms with Crippen LogP contribution in [0.5, 0.6) is 0 Å². The number of aryl methyl sites for hydroxylation is 1. The maximum Gasteiger partial charge on any atom is 0.251 e. The van der Waals surface area contributed by atoms with Gasteiger partial charge in [-0.2, -0.15) is 5.10 Å². The number of nitrogens with zero attached hydrogens (tertiary/aromatic N) is 2. The Hall–Kier alpha value is -4.45. The smallest absolute Gasteiger partial charge is 0.251 e. The van der Waals surface area contributed by atoms with Crippen molar-refractivity contribution in [3.63, 3.8) is 0 Å². The number of nitrogens with one attached hydrogen (secondary N) is 2. The maximum absolute atomic E-state index is 12.7. The van der Waals surface area contributed by atoms with Crippen LogP contribution >= 0.6 is 0 Å². The van der Waals surface area contributed by atoms with Crippen molar-refractivity contribution in [2.24, 2.45) is 0 Å². The third-order valence-electron chi connectivity index (χ3n) is 5.42. The van der Waals surface area contributed by atoms with Crippen molar-refractivity contribution >= 4 is 23.6 Å². The third-order valence-corrected chi connectivity index (χ3v) is 5.42. The highest BCUT2D eigenvalue weighted by atomic mass is 16.2. The average molecular weight is 451 g/mol. The van der Waals surface area contributed by atoms with E-state index in [1.54, 1.807) is 25.3 Å². The quantitative estimate of drug-likeness (QED) is 0.393. The summed E-state index contributed by atoms with van der Waals surface area (Å²) in [6.45, 7) is 2.51. The fraction of sp³-hybridized carbons (Fsp3) is 0.107. The molecule has 6 heteroatoms. The molecule has 2 N–H and O–H groups in total. The molecule has 0 aliphatic rings. The van der Waals surface area contributed by atoms with Crippen LogP contribution in [0.2, 0.25) is 0 Å². The molecule has 0 saturated carbocycles. The summed E-state index contributed by atoms with van der Waals surface area (Å²) in [5.74, 6) is -0.489. The van der Waals surface area contributed by atoms with E-state index in [1.165, 1.54) is 6.08 Å². The van der Waals surface area contributed by atoms with Gasteiger partial charge in [-0.05, 0) is 36.3 Å². The number of hydrogen-bond acceptors (Lipinski definition) is 3. The van der Waals surface area contributed by atoms with Gasteiger partial charge >= 0.3 is 0 Å². The van der Waals surface area contributed by atoms with Crippen molar-refractivity contribution < 1.29 is 9.59 Å². The summed E-state index contributed by atoms with van der Waals surface area (Å²) >= 11 is 0. The minimum absolute atomic E-state index is 0.204. The van der Waals surface area contributed by atoms with Gasteiger partial charge in [-0.25, -0.2) is 0 Å². The summed E-state index contributed by atoms with van der Waals surface area (Å²) < 4.78 is 1.88. The van der Waals surface area contributed by atoms with Crippen molar-refractivity contribution in [3.8, 4) is 11.3 Å². The molecular formula is C28H26N4O2. The first kappa shape index (κ1) is 22.7. The zero-order valence-corrected chi connectivity index (χ0v) is 19.2. The van der Waals surface area contributed by atoms with Crippen molar-refractivity contribution in [2.45, 2.75) is 13.5 Å². The van der Waals surface area contributed by atoms with E-state index in [2.05, 4.69) is 22.8 Å². The number of hydrogen-bond donors (Lipinski definition) is 2. The van der Waals surface area contributed by atoms with E-state index >= 15 is 0 Å². The molecule has 0 aliphatic heterocycles. The van der Waals surface area contributed by atoms with E-state index in [1.807, 2.05) is 72.4 Å². The normalized spacial score (nSPS) is 10.9. The second-order valence-electron chi connectivity index (χ2n) is 7.91. The summed E-state index contributed by atoms with van der Waals surface area (Å²) in [4.78, 5) is 24.6. The Morgan fingerprint density at radius 3 is 2.38 bits per heavy atom. The van der Waals surface area contributed by atoms with E-state index in [9.17, 15) is 9.59 Å². The van der Waals surface area contributed by atoms with Crippen LogP contribution in [0.3, 0.4) is 0 Å². The van der Waals surface area contributed by atoms with Crippen LogP contribution < -0.4 is 10.6 Å². The van der Waals surface area contributed by atoms with Gasteiger partial charge in [0.25, 0.3) is 5.91 Å². The standard InChI is InChI=1S/C28H26N4O2/c1-20-13-14-23(28(34)29-2)17-25(20)30-26(33)16-15-24-19-32(18-21-9-5-3-6-10-21)31-27(24)22-11-7-4-8-12-22/h3-17,19H,18H2,1-2H3,(H,29,34)(H,30,33)/b16-15+. The lowest BCUT2D eigenvalue weighted by Crippen LogP contribution is -2.18. The lowest BCUT2D eigenvalue weighted by molar-refractivity contribution is -0.111. The highest BCUT2D eigenvalue weighted by Gasteiger charge is 2.11. The first-order valence-electron chi connectivity index (χ1n) is 11.0. The van der Waals surface area contributed by atoms with Crippen LogP contribution in [0.1, 0.15) is 27.0 Å². The molecule has 34 heavy (non-hydrogen) atoms. The molecule has 1 aromatic heterocycles. The van der Waals surface area contributed by atoms with E-state index in [4.69, 9.17) is 5.10 Å². The average Bonchev–Trinajstić information content (AvgIpc) is 3.27. The Morgan fingerprint density at radius 1 is 0.971 bits per heavy atom. The Balaban J connectivity index is 1.58. The number of carbonyl (C=O) groups is 2. The van der Waals surface area contributed by atoms with Gasteiger partial charge in [0.05, 0.1) is 12.2 Å². The van der Waals surface area contributed by atoms with Crippen LogP contribution in [0.25, 0.3) is 17.3 Å². The Bertz CT molecular complexity index is 1330. The highest BCUT2D eigenvalue weighted by Crippen LogP contribution is 2.24. The number of amides is 2. The topological polar surface area (TPSA) is 76.0 Å². The molecule has 1 heterocycles. The lowest BCUT2D eigenvalue weighted by atomic mass is 10.1. The molecule has 2 amide bonds. The third kappa shape index (κ3) is 5.48. The van der Waals surface area contributed by atoms with Crippen molar-refractivity contribution in [1.82, 2.24) is 15.1 Å². The zero-order chi connectivity index (χ0) is 23.9. The predicted molar refractivity (Wildman–Crippen MR) is 135 cm³/mol. The monoisotopic (exact) mass is 450 g/mol. The van der Waals surface area contributed by atoms with Crippen molar-refractivity contribution in [3.05, 3.63) is 113 Å². The van der Waals surface area contributed by atoms with Gasteiger partial charge < -0.3 is 10.6 Å². The van der Waals surface area contributed by atoms with Gasteiger partial charge in [0.15, 0.2) is 0 Å². The molecule has 0 radical (unpaired) electrons. The van der Waals surface area contributed by atoms with E-state index in [-0.39, 0.29) is 11.8 Å². The molecule has 0 unspecified atom stereocenters. The first-order valence-corrected chi connectivity index (χ1v) is 11.0. The molecule has 4 aromatic rings. The minimum Gasteiger partial charge on any atom is -0.355 e. The minimum atomic E-state index is -0.285. The molecule has 0 spiro atoms. The van der Waals surface area contributed by atoms with Crippen LogP contribution in [-0.4, -0.2) is 28.6 Å². The Kier molecular flexibility index (Phi) is 6.98. The van der Waals surface area contributed by atoms with Crippen LogP contribution in [0, 0.1) is 6.92 Å². The van der Waals surface area contributed by atoms with Gasteiger partial charge in [-0.3, -0.25) is 14.3 Å². The fourth-order valence-corrected chi connectivity index (χ4v) is 3.61. The maximum atomic E-state index is 12.7. The van der Waals surface area contributed by atoms with Crippen molar-refractivity contribution in [1.29, 1.82) is 0 Å². The molecule has 0 bridgehead atoms. The molecule has 0 saturated heterocycles. The number of rotatable bonds is 7. The summed E-state index contributed by atoms with van der Waals surface area (Å²) in [6.07, 6.45) is 5.20. The molecule has 3 aromatic carbocycles. The number of aromatic nitrogens is 2. The van der Waals surface area contributed by atoms with E-state index in [0.717, 1.165) is 27.9 Å². The molecule has 170 valence electrons. The summed E-state index contributed by atoms with van der Waals surface area (Å²) in [7, 11) is 1.57. The number of benzene rings is 3. The Labute approximate surface area is 198 Å². The lowest BCUT2D eigenvalue weighted by Gasteiger charge is -2.08. The second-order valence-corrected chi connectivity index (χ2v) is 7.91. The second kappa shape index (κ2) is 10.4. The zero-order valence-electron chi connectivity index (χ0n) is 19.2. The molecule has 6 nitrogen and oxygen atoms in total. The predicted octanol–water partition coefficient (Wildman–Crippen LogP) is 4.92. The van der Waals surface area contributed by atoms with Crippen LogP contribution in [-0.2, 0) is 11.3 Å². The Morgan fingerprint density at radius 2 is 1.68 bits per heavy atom. The summed E-state index contributed by atoms with van der Waals surface area (Å²) in [6, 6.07) is 25.2. The molecule has 0 aliphatic carbocycles. The van der Waals surface area contributed by atoms with Gasteiger partial charge in [-0.1, -0.05) is 66.7 Å². The summed E-state index contributed by atoms with van der Waals surface area (Å²) in [5, 5.41) is 10.2. The fourth-order valence-electron chi connectivity index (χ4n) is 3.61. The molecular weight excluding hydrogens is 424 g/mol. The SMILES string of the molecule is CNC(=O)c1ccc(C)c(NC(=O)/C=C/c2cn(Cc3ccccc3)nc2-c2ccccc2)c1. The van der Waals surface area contributed by atoms with Gasteiger partial charge in [-0.15, -0.1) is 0 Å². The molecule has 0 fully saturated rings. The largest absolute Gasteiger partial charge is 0.355 e. The highest BCUT2D eigenvalue weighted by molar-refractivity contribution is 6.04. The number of anilines is 1. The number of carbonyl (C=O) groups excluding carboxylic acids is 2. The van der Waals surface area contributed by atoms with E-state index < -0.39 is 0 Å². The van der Waals surface area contributed by atoms with E-state index in [0.29, 0.717) is 17.8 Å². The van der Waals surface area contributed by atoms with Crippen LogP contribution in [0.15, 0.2) is 91.1 Å². The van der Waals surface area contributed by atoms with Gasteiger partial charge in [0, 0.05) is 41.7 Å². The van der Waals surface area contributed by atoms with Gasteiger partial charge in [0.2, 0.25) is 5.91 Å². The molecule has 4 rings (SSSR count). The van der Waals surface area contributed by atoms with Crippen LogP contribution in [0.4, 0.5) is 5.69 Å². The first-order chi connectivity index (χ1) is 16.5. The van der Waals surface area contributed by atoms with Crippen molar-refractivity contribution in [2.75, 3.05) is 12.4 Å². The molecule has 0 atom stereocenters.